The van der Waals surface area contributed by atoms with Gasteiger partial charge in [-0.15, -0.1) is 0 Å². The fourth-order valence-electron chi connectivity index (χ4n) is 1.86. The van der Waals surface area contributed by atoms with Crippen LogP contribution in [0.1, 0.15) is 12.0 Å². The van der Waals surface area contributed by atoms with E-state index in [2.05, 4.69) is 5.32 Å². The predicted octanol–water partition coefficient (Wildman–Crippen LogP) is 1.93. The number of carbonyl (C=O) groups excluding carboxylic acids is 1. The summed E-state index contributed by atoms with van der Waals surface area (Å²) in [5, 5.41) is 22.8. The average Bonchev–Trinajstić information content (AvgIpc) is 2.48. The number of pyridine rings is 1. The van der Waals surface area contributed by atoms with Gasteiger partial charge >= 0.3 is 0 Å². The molecule has 1 aromatic carbocycles. The van der Waals surface area contributed by atoms with Gasteiger partial charge in [-0.3, -0.25) is 14.9 Å². The second kappa shape index (κ2) is 6.66. The number of aryl methyl sites for hydroxylation is 2. The number of non-ortho nitro benzene ring substituents is 1. The van der Waals surface area contributed by atoms with Gasteiger partial charge in [0.2, 0.25) is 5.91 Å². The summed E-state index contributed by atoms with van der Waals surface area (Å²) in [7, 11) is 0. The molecule has 2 rings (SSSR count). The predicted molar refractivity (Wildman–Crippen MR) is 79.4 cm³/mol. The van der Waals surface area contributed by atoms with Crippen molar-refractivity contribution in [3.05, 3.63) is 58.4 Å². The quantitative estimate of drug-likeness (QED) is 0.382. The number of aromatic hydroxyl groups is 1. The number of nitrogens with zero attached hydrogens (tertiary/aromatic N) is 2. The molecule has 0 atom stereocenters. The maximum absolute atomic E-state index is 11.9. The number of phenolic OH excluding ortho intramolecular Hbond substituents is 1. The molecule has 2 N–H and O–H groups in total. The van der Waals surface area contributed by atoms with E-state index in [0.29, 0.717) is 6.54 Å². The number of nitro benzene ring substituents is 1. The molecule has 0 aliphatic carbocycles. The highest BCUT2D eigenvalue weighted by Gasteiger charge is 2.13. The molecule has 0 bridgehead atoms. The lowest BCUT2D eigenvalue weighted by Gasteiger charge is -2.06. The lowest BCUT2D eigenvalue weighted by atomic mass is 10.2. The van der Waals surface area contributed by atoms with Gasteiger partial charge in [-0.2, -0.15) is 0 Å². The van der Waals surface area contributed by atoms with Crippen LogP contribution in [0.15, 0.2) is 42.7 Å². The molecule has 0 fully saturated rings. The Morgan fingerprint density at radius 1 is 1.32 bits per heavy atom. The number of amides is 1. The second-order valence-corrected chi connectivity index (χ2v) is 4.87. The van der Waals surface area contributed by atoms with Crippen molar-refractivity contribution in [3.63, 3.8) is 0 Å². The van der Waals surface area contributed by atoms with Crippen molar-refractivity contribution in [2.45, 2.75) is 19.9 Å². The zero-order chi connectivity index (χ0) is 16.1. The lowest BCUT2D eigenvalue weighted by Crippen LogP contribution is -2.34. The van der Waals surface area contributed by atoms with E-state index in [1.54, 1.807) is 0 Å². The fraction of sp³-hybridized carbons (Fsp3) is 0.200. The number of rotatable bonds is 5. The Morgan fingerprint density at radius 3 is 2.64 bits per heavy atom. The molecule has 1 amide bonds. The Bertz CT molecular complexity index is 698. The van der Waals surface area contributed by atoms with Gasteiger partial charge in [0.25, 0.3) is 5.69 Å². The summed E-state index contributed by atoms with van der Waals surface area (Å²) in [6, 6.07) is 7.36. The van der Waals surface area contributed by atoms with Crippen LogP contribution in [0.25, 0.3) is 0 Å². The second-order valence-electron chi connectivity index (χ2n) is 4.87. The Labute approximate surface area is 127 Å². The summed E-state index contributed by atoms with van der Waals surface area (Å²) >= 11 is 0. The van der Waals surface area contributed by atoms with Crippen molar-refractivity contribution in [1.82, 2.24) is 0 Å². The number of hydrogen-bond acceptors (Lipinski definition) is 4. The number of nitro groups is 1. The highest BCUT2D eigenvalue weighted by molar-refractivity contribution is 5.92. The number of nitrogens with one attached hydrogen (secondary N) is 1. The van der Waals surface area contributed by atoms with Gasteiger partial charge in [-0.1, -0.05) is 0 Å². The van der Waals surface area contributed by atoms with Gasteiger partial charge in [-0.25, -0.2) is 4.57 Å². The first-order chi connectivity index (χ1) is 10.5. The van der Waals surface area contributed by atoms with Crippen LogP contribution in [0.2, 0.25) is 0 Å². The number of hydrogen-bond donors (Lipinski definition) is 2. The first-order valence-electron chi connectivity index (χ1n) is 6.68. The number of aromatic nitrogens is 1. The van der Waals surface area contributed by atoms with Crippen LogP contribution in [-0.4, -0.2) is 15.9 Å². The molecule has 0 unspecified atom stereocenters. The van der Waals surface area contributed by atoms with E-state index in [0.717, 1.165) is 11.6 Å². The first-order valence-corrected chi connectivity index (χ1v) is 6.68. The monoisotopic (exact) mass is 302 g/mol. The molecule has 0 saturated heterocycles. The zero-order valence-electron chi connectivity index (χ0n) is 12.0. The van der Waals surface area contributed by atoms with Crippen molar-refractivity contribution < 1.29 is 19.4 Å². The van der Waals surface area contributed by atoms with E-state index in [1.807, 2.05) is 36.0 Å². The van der Waals surface area contributed by atoms with Gasteiger partial charge in [-0.05, 0) is 18.6 Å². The summed E-state index contributed by atoms with van der Waals surface area (Å²) < 4.78 is 1.86. The van der Waals surface area contributed by atoms with Gasteiger partial charge in [0, 0.05) is 24.3 Å². The molecule has 114 valence electrons. The van der Waals surface area contributed by atoms with Crippen molar-refractivity contribution in [2.75, 3.05) is 5.32 Å². The standard InChI is InChI=1S/C15H15N3O4/c1-11-4-7-17(8-5-11)9-6-15(20)16-13-10-12(18(21)22)2-3-14(13)19/h2-5,7-8,10H,6,9H2,1H3,(H-,16,19,20)/p+1. The highest BCUT2D eigenvalue weighted by atomic mass is 16.6. The van der Waals surface area contributed by atoms with E-state index < -0.39 is 4.92 Å². The first kappa shape index (κ1) is 15.4. The van der Waals surface area contributed by atoms with Crippen LogP contribution >= 0.6 is 0 Å². The maximum Gasteiger partial charge on any atom is 0.271 e. The molecular weight excluding hydrogens is 286 g/mol. The molecule has 0 spiro atoms. The summed E-state index contributed by atoms with van der Waals surface area (Å²) in [4.78, 5) is 22.0. The summed E-state index contributed by atoms with van der Waals surface area (Å²) in [6.45, 7) is 2.45. The third-order valence-electron chi connectivity index (χ3n) is 3.12. The van der Waals surface area contributed by atoms with Gasteiger partial charge < -0.3 is 10.4 Å². The van der Waals surface area contributed by atoms with Crippen LogP contribution in [0.4, 0.5) is 11.4 Å². The molecule has 0 saturated carbocycles. The lowest BCUT2D eigenvalue weighted by molar-refractivity contribution is -0.695. The van der Waals surface area contributed by atoms with Crippen LogP contribution in [-0.2, 0) is 11.3 Å². The summed E-state index contributed by atoms with van der Waals surface area (Å²) in [6.07, 6.45) is 3.93. The molecule has 1 aromatic heterocycles. The van der Waals surface area contributed by atoms with Crippen LogP contribution < -0.4 is 9.88 Å². The molecular formula is C15H16N3O4+. The van der Waals surface area contributed by atoms with E-state index in [9.17, 15) is 20.0 Å². The highest BCUT2D eigenvalue weighted by Crippen LogP contribution is 2.27. The Balaban J connectivity index is 1.98. The van der Waals surface area contributed by atoms with E-state index >= 15 is 0 Å². The van der Waals surface area contributed by atoms with Crippen LogP contribution in [0.5, 0.6) is 5.75 Å². The molecule has 7 nitrogen and oxygen atoms in total. The third-order valence-corrected chi connectivity index (χ3v) is 3.12. The van der Waals surface area contributed by atoms with Crippen LogP contribution in [0, 0.1) is 17.0 Å². The van der Waals surface area contributed by atoms with E-state index in [1.165, 1.54) is 12.1 Å². The number of benzene rings is 1. The number of anilines is 1. The fourth-order valence-corrected chi connectivity index (χ4v) is 1.86. The topological polar surface area (TPSA) is 96.3 Å². The van der Waals surface area contributed by atoms with E-state index in [4.69, 9.17) is 0 Å². The molecule has 2 aromatic rings. The Kier molecular flexibility index (Phi) is 4.67. The minimum absolute atomic E-state index is 0.0353. The molecule has 0 aliphatic rings. The zero-order valence-corrected chi connectivity index (χ0v) is 12.0. The third kappa shape index (κ3) is 4.02. The molecule has 22 heavy (non-hydrogen) atoms. The SMILES string of the molecule is Cc1cc[n+](CCC(=O)Nc2cc([N+](=O)[O-])ccc2O)cc1. The Morgan fingerprint density at radius 2 is 2.00 bits per heavy atom. The molecule has 7 heteroatoms. The van der Waals surface area contributed by atoms with Crippen molar-refractivity contribution in [1.29, 1.82) is 0 Å². The molecule has 1 heterocycles. The Hall–Kier alpha value is -2.96. The van der Waals surface area contributed by atoms with Crippen LogP contribution in [0.3, 0.4) is 0 Å². The largest absolute Gasteiger partial charge is 0.506 e. The maximum atomic E-state index is 11.9. The van der Waals surface area contributed by atoms with Gasteiger partial charge in [0.05, 0.1) is 17.0 Å². The summed E-state index contributed by atoms with van der Waals surface area (Å²) in [5.41, 5.74) is 0.969. The minimum atomic E-state index is -0.586. The number of phenols is 1. The van der Waals surface area contributed by atoms with Crippen molar-refractivity contribution >= 4 is 17.3 Å². The minimum Gasteiger partial charge on any atom is -0.506 e. The molecule has 0 aliphatic heterocycles. The van der Waals surface area contributed by atoms with Gasteiger partial charge in [0.15, 0.2) is 18.9 Å². The van der Waals surface area contributed by atoms with Crippen molar-refractivity contribution in [3.8, 4) is 5.75 Å². The average molecular weight is 302 g/mol. The smallest absolute Gasteiger partial charge is 0.271 e. The van der Waals surface area contributed by atoms with Crippen molar-refractivity contribution in [2.24, 2.45) is 0 Å². The van der Waals surface area contributed by atoms with E-state index in [-0.39, 0.29) is 29.5 Å². The molecule has 0 radical (unpaired) electrons. The number of carbonyl (C=O) groups is 1. The summed E-state index contributed by atoms with van der Waals surface area (Å²) in [5.74, 6) is -0.536. The normalized spacial score (nSPS) is 10.2. The van der Waals surface area contributed by atoms with Gasteiger partial charge in [0.1, 0.15) is 5.75 Å².